The molecule has 1 aromatic carbocycles. The summed E-state index contributed by atoms with van der Waals surface area (Å²) in [6.45, 7) is 3.66. The third kappa shape index (κ3) is 4.26. The molecule has 0 aliphatic heterocycles. The quantitative estimate of drug-likeness (QED) is 0.626. The molecule has 2 N–H and O–H groups in total. The second-order valence-corrected chi connectivity index (χ2v) is 5.59. The average Bonchev–Trinajstić information content (AvgIpc) is 2.34. The highest BCUT2D eigenvalue weighted by atomic mass is 31.2. The van der Waals surface area contributed by atoms with Crippen LogP contribution in [0.25, 0.3) is 6.08 Å². The minimum Gasteiger partial charge on any atom is -0.321 e. The lowest BCUT2D eigenvalue weighted by molar-refractivity contribution is 0.380. The van der Waals surface area contributed by atoms with Crippen molar-refractivity contribution in [3.05, 3.63) is 52.9 Å². The van der Waals surface area contributed by atoms with Gasteiger partial charge in [0, 0.05) is 5.31 Å². The molecule has 0 fully saturated rings. The maximum atomic E-state index is 11.4. The number of benzene rings is 1. The minimum atomic E-state index is -4.14. The second kappa shape index (κ2) is 6.69. The lowest BCUT2D eigenvalue weighted by atomic mass is 10.1. The van der Waals surface area contributed by atoms with Crippen LogP contribution < -0.4 is 0 Å². The van der Waals surface area contributed by atoms with Crippen LogP contribution in [-0.4, -0.2) is 9.79 Å². The Hall–Kier alpha value is -1.15. The molecule has 0 heterocycles. The van der Waals surface area contributed by atoms with Crippen molar-refractivity contribution in [3.63, 3.8) is 0 Å². The van der Waals surface area contributed by atoms with Gasteiger partial charge in [0.2, 0.25) is 0 Å². The summed E-state index contributed by atoms with van der Waals surface area (Å²) in [6.07, 6.45) is 4.65. The molecular formula is C14H19O3P. The maximum absolute atomic E-state index is 11.4. The van der Waals surface area contributed by atoms with Gasteiger partial charge >= 0.3 is 7.60 Å². The van der Waals surface area contributed by atoms with Gasteiger partial charge in [-0.2, -0.15) is 0 Å². The van der Waals surface area contributed by atoms with Crippen LogP contribution in [0, 0.1) is 0 Å². The summed E-state index contributed by atoms with van der Waals surface area (Å²) in [7, 11) is -4.14. The standard InChI is InChI=1S/C14H19O3P/c1-3-13(14(4-2)18(15,16)17)11-10-12-8-6-5-7-9-12/h5-11H,3-4H2,1-2H3,(H2,15,16,17). The van der Waals surface area contributed by atoms with Gasteiger partial charge in [-0.25, -0.2) is 0 Å². The van der Waals surface area contributed by atoms with E-state index in [9.17, 15) is 14.4 Å². The van der Waals surface area contributed by atoms with E-state index in [1.807, 2.05) is 43.3 Å². The SMILES string of the molecule is CCC(C=Cc1ccccc1)=C(CC)P(=O)(O)O. The number of hydrogen-bond donors (Lipinski definition) is 2. The summed E-state index contributed by atoms with van der Waals surface area (Å²) < 4.78 is 11.4. The van der Waals surface area contributed by atoms with Gasteiger partial charge in [-0.3, -0.25) is 4.57 Å². The normalized spacial score (nSPS) is 13.8. The number of rotatable bonds is 5. The zero-order chi connectivity index (χ0) is 13.6. The van der Waals surface area contributed by atoms with E-state index in [4.69, 9.17) is 0 Å². The molecule has 0 aromatic heterocycles. The van der Waals surface area contributed by atoms with Crippen molar-refractivity contribution >= 4 is 13.7 Å². The molecule has 98 valence electrons. The molecule has 0 atom stereocenters. The zero-order valence-electron chi connectivity index (χ0n) is 10.7. The van der Waals surface area contributed by atoms with E-state index < -0.39 is 7.60 Å². The van der Waals surface area contributed by atoms with E-state index in [0.717, 1.165) is 11.1 Å². The predicted octanol–water partition coefficient (Wildman–Crippen LogP) is 3.95. The average molecular weight is 266 g/mol. The Kier molecular flexibility index (Phi) is 5.54. The third-order valence-corrected chi connectivity index (χ3v) is 4.02. The van der Waals surface area contributed by atoms with Crippen molar-refractivity contribution in [1.29, 1.82) is 0 Å². The molecule has 1 aromatic rings. The first-order valence-corrected chi connectivity index (χ1v) is 7.61. The van der Waals surface area contributed by atoms with Crippen molar-refractivity contribution in [2.24, 2.45) is 0 Å². The Morgan fingerprint density at radius 3 is 2.22 bits per heavy atom. The van der Waals surface area contributed by atoms with E-state index >= 15 is 0 Å². The first kappa shape index (κ1) is 14.9. The minimum absolute atomic E-state index is 0.234. The molecule has 0 aliphatic carbocycles. The summed E-state index contributed by atoms with van der Waals surface area (Å²) in [5.41, 5.74) is 1.74. The molecule has 4 heteroatoms. The molecule has 3 nitrogen and oxygen atoms in total. The van der Waals surface area contributed by atoms with Gasteiger partial charge in [-0.1, -0.05) is 56.3 Å². The molecule has 0 spiro atoms. The van der Waals surface area contributed by atoms with Gasteiger partial charge in [0.1, 0.15) is 0 Å². The van der Waals surface area contributed by atoms with Crippen LogP contribution in [0.4, 0.5) is 0 Å². The Labute approximate surface area is 108 Å². The first-order chi connectivity index (χ1) is 8.49. The molecule has 18 heavy (non-hydrogen) atoms. The van der Waals surface area contributed by atoms with E-state index in [1.165, 1.54) is 0 Å². The summed E-state index contributed by atoms with van der Waals surface area (Å²) >= 11 is 0. The molecule has 0 saturated heterocycles. The Balaban J connectivity index is 3.08. The highest BCUT2D eigenvalue weighted by Crippen LogP contribution is 2.49. The molecule has 0 amide bonds. The van der Waals surface area contributed by atoms with Crippen molar-refractivity contribution in [1.82, 2.24) is 0 Å². The topological polar surface area (TPSA) is 57.5 Å². The van der Waals surface area contributed by atoms with Crippen molar-refractivity contribution in [3.8, 4) is 0 Å². The lowest BCUT2D eigenvalue weighted by Gasteiger charge is -2.11. The van der Waals surface area contributed by atoms with Crippen molar-refractivity contribution in [2.75, 3.05) is 0 Å². The summed E-state index contributed by atoms with van der Waals surface area (Å²) in [6, 6.07) is 9.69. The smallest absolute Gasteiger partial charge is 0.321 e. The van der Waals surface area contributed by atoms with Gasteiger partial charge in [0.05, 0.1) is 0 Å². The largest absolute Gasteiger partial charge is 0.352 e. The molecule has 0 saturated carbocycles. The van der Waals surface area contributed by atoms with Crippen LogP contribution >= 0.6 is 7.60 Å². The van der Waals surface area contributed by atoms with Crippen LogP contribution in [0.1, 0.15) is 32.3 Å². The summed E-state index contributed by atoms with van der Waals surface area (Å²) in [4.78, 5) is 18.6. The highest BCUT2D eigenvalue weighted by molar-refractivity contribution is 7.56. The van der Waals surface area contributed by atoms with Gasteiger partial charge in [-0.15, -0.1) is 0 Å². The highest BCUT2D eigenvalue weighted by Gasteiger charge is 2.21. The molecule has 0 unspecified atom stereocenters. The predicted molar refractivity (Wildman–Crippen MR) is 75.1 cm³/mol. The first-order valence-electron chi connectivity index (χ1n) is 6.00. The number of hydrogen-bond acceptors (Lipinski definition) is 1. The second-order valence-electron chi connectivity index (χ2n) is 3.97. The van der Waals surface area contributed by atoms with Crippen molar-refractivity contribution in [2.45, 2.75) is 26.7 Å². The summed E-state index contributed by atoms with van der Waals surface area (Å²) in [5.74, 6) is 0. The van der Waals surface area contributed by atoms with E-state index in [2.05, 4.69) is 0 Å². The van der Waals surface area contributed by atoms with Gasteiger partial charge in [0.15, 0.2) is 0 Å². The maximum Gasteiger partial charge on any atom is 0.352 e. The Bertz CT molecular complexity index is 483. The van der Waals surface area contributed by atoms with Crippen LogP contribution in [0.15, 0.2) is 47.3 Å². The van der Waals surface area contributed by atoms with Crippen molar-refractivity contribution < 1.29 is 14.4 Å². The monoisotopic (exact) mass is 266 g/mol. The Morgan fingerprint density at radius 2 is 1.78 bits per heavy atom. The number of allylic oxidation sites excluding steroid dienone is 3. The fourth-order valence-corrected chi connectivity index (χ4v) is 2.82. The van der Waals surface area contributed by atoms with Crippen LogP contribution in [-0.2, 0) is 4.57 Å². The Morgan fingerprint density at radius 1 is 1.17 bits per heavy atom. The van der Waals surface area contributed by atoms with Gasteiger partial charge in [-0.05, 0) is 24.0 Å². The van der Waals surface area contributed by atoms with Crippen LogP contribution in [0.2, 0.25) is 0 Å². The van der Waals surface area contributed by atoms with E-state index in [1.54, 1.807) is 13.0 Å². The molecule has 0 bridgehead atoms. The molecule has 0 aliphatic rings. The third-order valence-electron chi connectivity index (χ3n) is 2.71. The molecular weight excluding hydrogens is 247 g/mol. The van der Waals surface area contributed by atoms with Gasteiger partial charge in [0.25, 0.3) is 0 Å². The fourth-order valence-electron chi connectivity index (χ4n) is 1.80. The van der Waals surface area contributed by atoms with E-state index in [0.29, 0.717) is 12.8 Å². The fraction of sp³-hybridized carbons (Fsp3) is 0.286. The van der Waals surface area contributed by atoms with Crippen LogP contribution in [0.3, 0.4) is 0 Å². The summed E-state index contributed by atoms with van der Waals surface area (Å²) in [5, 5.41) is 0.234. The van der Waals surface area contributed by atoms with E-state index in [-0.39, 0.29) is 5.31 Å². The lowest BCUT2D eigenvalue weighted by Crippen LogP contribution is -1.90. The zero-order valence-corrected chi connectivity index (χ0v) is 11.6. The molecule has 1 rings (SSSR count). The van der Waals surface area contributed by atoms with Gasteiger partial charge < -0.3 is 9.79 Å². The van der Waals surface area contributed by atoms with Crippen LogP contribution in [0.5, 0.6) is 0 Å². The molecule has 0 radical (unpaired) electrons.